The van der Waals surface area contributed by atoms with Gasteiger partial charge in [0.1, 0.15) is 0 Å². The number of allylic oxidation sites excluding steroid dienone is 1. The second-order valence-corrected chi connectivity index (χ2v) is 8.77. The fourth-order valence-electron chi connectivity index (χ4n) is 4.14. The summed E-state index contributed by atoms with van der Waals surface area (Å²) in [7, 11) is 1.64. The number of ether oxygens (including phenoxy) is 1. The average molecular weight is 489 g/mol. The van der Waals surface area contributed by atoms with Crippen LogP contribution in [-0.2, 0) is 17.8 Å². The minimum absolute atomic E-state index is 0.00246. The first-order valence-electron chi connectivity index (χ1n) is 10.4. The second kappa shape index (κ2) is 8.76. The lowest BCUT2D eigenvalue weighted by atomic mass is 9.88. The topological polar surface area (TPSA) is 69.4 Å². The van der Waals surface area contributed by atoms with Crippen molar-refractivity contribution >= 4 is 33.4 Å². The SMILES string of the molecule is COCc1nn2c3c(nnc2c1-c1ccc(Br)cc1)C(=O)CC(/C=C/c1ccccc1)C3. The third-order valence-electron chi connectivity index (χ3n) is 5.65. The summed E-state index contributed by atoms with van der Waals surface area (Å²) in [5.74, 6) is 0.0751. The molecular formula is C25H21BrN4O2. The van der Waals surface area contributed by atoms with Crippen molar-refractivity contribution in [2.24, 2.45) is 5.92 Å². The Morgan fingerprint density at radius 2 is 1.88 bits per heavy atom. The van der Waals surface area contributed by atoms with E-state index in [9.17, 15) is 4.79 Å². The molecule has 0 aliphatic heterocycles. The van der Waals surface area contributed by atoms with E-state index in [2.05, 4.69) is 38.3 Å². The molecule has 5 rings (SSSR count). The van der Waals surface area contributed by atoms with E-state index in [1.807, 2.05) is 54.6 Å². The highest BCUT2D eigenvalue weighted by Gasteiger charge is 2.30. The van der Waals surface area contributed by atoms with Gasteiger partial charge >= 0.3 is 0 Å². The van der Waals surface area contributed by atoms with Crippen molar-refractivity contribution in [3.05, 3.63) is 87.8 Å². The van der Waals surface area contributed by atoms with Crippen LogP contribution in [0.25, 0.3) is 22.9 Å². The molecule has 4 aromatic rings. The van der Waals surface area contributed by atoms with Gasteiger partial charge in [-0.1, -0.05) is 70.5 Å². The Labute approximate surface area is 194 Å². The first-order chi connectivity index (χ1) is 15.6. The predicted molar refractivity (Wildman–Crippen MR) is 126 cm³/mol. The van der Waals surface area contributed by atoms with Crippen molar-refractivity contribution < 1.29 is 9.53 Å². The number of ketones is 1. The van der Waals surface area contributed by atoms with Crippen molar-refractivity contribution in [2.45, 2.75) is 19.4 Å². The van der Waals surface area contributed by atoms with Gasteiger partial charge in [-0.05, 0) is 35.6 Å². The van der Waals surface area contributed by atoms with Crippen LogP contribution in [0.1, 0.15) is 33.9 Å². The van der Waals surface area contributed by atoms with Crippen LogP contribution < -0.4 is 0 Å². The Bertz CT molecular complexity index is 1310. The van der Waals surface area contributed by atoms with Gasteiger partial charge in [0.05, 0.1) is 23.6 Å². The number of hydrogen-bond acceptors (Lipinski definition) is 5. The summed E-state index contributed by atoms with van der Waals surface area (Å²) in [4.78, 5) is 12.9. The fraction of sp³-hybridized carbons (Fsp3) is 0.200. The number of carbonyl (C=O) groups excluding carboxylic acids is 1. The monoisotopic (exact) mass is 488 g/mol. The maximum atomic E-state index is 12.9. The smallest absolute Gasteiger partial charge is 0.185 e. The molecule has 160 valence electrons. The zero-order chi connectivity index (χ0) is 22.1. The predicted octanol–water partition coefficient (Wildman–Crippen LogP) is 5.16. The zero-order valence-corrected chi connectivity index (χ0v) is 19.1. The molecule has 0 saturated heterocycles. The number of methoxy groups -OCH3 is 1. The van der Waals surface area contributed by atoms with E-state index in [1.54, 1.807) is 11.6 Å². The van der Waals surface area contributed by atoms with Crippen LogP contribution in [0, 0.1) is 5.92 Å². The van der Waals surface area contributed by atoms with Gasteiger partial charge in [-0.15, -0.1) is 10.2 Å². The summed E-state index contributed by atoms with van der Waals surface area (Å²) in [6.45, 7) is 0.342. The highest BCUT2D eigenvalue weighted by molar-refractivity contribution is 9.10. The summed E-state index contributed by atoms with van der Waals surface area (Å²) in [5, 5.41) is 13.5. The highest BCUT2D eigenvalue weighted by atomic mass is 79.9. The summed E-state index contributed by atoms with van der Waals surface area (Å²) in [6, 6.07) is 18.1. The van der Waals surface area contributed by atoms with Crippen LogP contribution in [0.2, 0.25) is 0 Å². The molecule has 1 unspecified atom stereocenters. The van der Waals surface area contributed by atoms with Crippen molar-refractivity contribution in [3.8, 4) is 11.1 Å². The first-order valence-corrected chi connectivity index (χ1v) is 11.2. The van der Waals surface area contributed by atoms with Crippen LogP contribution >= 0.6 is 15.9 Å². The Balaban J connectivity index is 1.59. The average Bonchev–Trinajstić information content (AvgIpc) is 3.18. The number of carbonyl (C=O) groups is 1. The third-order valence-corrected chi connectivity index (χ3v) is 6.18. The number of fused-ring (bicyclic) bond motifs is 3. The lowest BCUT2D eigenvalue weighted by Gasteiger charge is -2.20. The van der Waals surface area contributed by atoms with Gasteiger partial charge < -0.3 is 4.74 Å². The number of aromatic nitrogens is 4. The summed E-state index contributed by atoms with van der Waals surface area (Å²) >= 11 is 3.48. The molecule has 0 bridgehead atoms. The summed E-state index contributed by atoms with van der Waals surface area (Å²) in [5.41, 5.74) is 5.59. The van der Waals surface area contributed by atoms with E-state index < -0.39 is 0 Å². The summed E-state index contributed by atoms with van der Waals surface area (Å²) < 4.78 is 8.19. The largest absolute Gasteiger partial charge is 0.378 e. The molecule has 0 N–H and O–H groups in total. The van der Waals surface area contributed by atoms with Crippen molar-refractivity contribution in [1.29, 1.82) is 0 Å². The normalized spacial score (nSPS) is 16.1. The maximum Gasteiger partial charge on any atom is 0.185 e. The van der Waals surface area contributed by atoms with Gasteiger partial charge in [0.15, 0.2) is 17.1 Å². The van der Waals surface area contributed by atoms with E-state index >= 15 is 0 Å². The molecule has 2 aromatic heterocycles. The number of hydrogen-bond donors (Lipinski definition) is 0. The van der Waals surface area contributed by atoms with Gasteiger partial charge in [0.25, 0.3) is 0 Å². The Morgan fingerprint density at radius 3 is 2.62 bits per heavy atom. The number of rotatable bonds is 5. The molecule has 0 spiro atoms. The molecule has 0 fully saturated rings. The molecule has 32 heavy (non-hydrogen) atoms. The van der Waals surface area contributed by atoms with Crippen LogP contribution in [0.5, 0.6) is 0 Å². The lowest BCUT2D eigenvalue weighted by Crippen LogP contribution is -2.24. The minimum atomic E-state index is -0.00246. The van der Waals surface area contributed by atoms with Gasteiger partial charge in [-0.2, -0.15) is 5.10 Å². The van der Waals surface area contributed by atoms with Gasteiger partial charge in [0.2, 0.25) is 0 Å². The minimum Gasteiger partial charge on any atom is -0.378 e. The molecule has 0 amide bonds. The van der Waals surface area contributed by atoms with Crippen LogP contribution in [-0.4, -0.2) is 32.7 Å². The molecule has 2 aromatic carbocycles. The van der Waals surface area contributed by atoms with E-state index in [0.29, 0.717) is 30.8 Å². The molecular weight excluding hydrogens is 468 g/mol. The van der Waals surface area contributed by atoms with E-state index in [1.165, 1.54) is 0 Å². The quantitative estimate of drug-likeness (QED) is 0.388. The molecule has 0 radical (unpaired) electrons. The first kappa shape index (κ1) is 20.7. The van der Waals surface area contributed by atoms with Crippen molar-refractivity contribution in [3.63, 3.8) is 0 Å². The number of nitrogens with zero attached hydrogens (tertiary/aromatic N) is 4. The molecule has 6 nitrogen and oxygen atoms in total. The van der Waals surface area contributed by atoms with Gasteiger partial charge in [0, 0.05) is 18.0 Å². The van der Waals surface area contributed by atoms with Crippen molar-refractivity contribution in [2.75, 3.05) is 7.11 Å². The fourth-order valence-corrected chi connectivity index (χ4v) is 4.41. The standard InChI is InChI=1S/C25H21BrN4O2/c1-32-15-20-23(18-9-11-19(26)12-10-18)25-28-27-24-21(30(25)29-20)13-17(14-22(24)31)8-7-16-5-3-2-4-6-16/h2-12,17H,13-15H2,1H3/b8-7+. The van der Waals surface area contributed by atoms with Crippen molar-refractivity contribution in [1.82, 2.24) is 19.8 Å². The van der Waals surface area contributed by atoms with Gasteiger partial charge in [-0.3, -0.25) is 4.79 Å². The Hall–Kier alpha value is -3.16. The van der Waals surface area contributed by atoms with E-state index in [-0.39, 0.29) is 11.7 Å². The van der Waals surface area contributed by atoms with E-state index in [4.69, 9.17) is 9.84 Å². The van der Waals surface area contributed by atoms with Crippen LogP contribution in [0.15, 0.2) is 65.1 Å². The van der Waals surface area contributed by atoms with Gasteiger partial charge in [-0.25, -0.2) is 4.52 Å². The molecule has 7 heteroatoms. The maximum absolute atomic E-state index is 12.9. The molecule has 0 saturated carbocycles. The molecule has 1 aliphatic rings. The third kappa shape index (κ3) is 3.89. The van der Waals surface area contributed by atoms with Crippen LogP contribution in [0.3, 0.4) is 0 Å². The number of Topliss-reactive ketones (excluding diaryl/α,β-unsaturated/α-hetero) is 1. The van der Waals surface area contributed by atoms with E-state index in [0.717, 1.165) is 32.6 Å². The Morgan fingerprint density at radius 1 is 1.09 bits per heavy atom. The zero-order valence-electron chi connectivity index (χ0n) is 17.5. The molecule has 1 atom stereocenters. The number of halogens is 1. The Kier molecular flexibility index (Phi) is 5.68. The molecule has 2 heterocycles. The van der Waals surface area contributed by atoms with Crippen LogP contribution in [0.4, 0.5) is 0 Å². The second-order valence-electron chi connectivity index (χ2n) is 7.85. The lowest BCUT2D eigenvalue weighted by molar-refractivity contribution is 0.0950. The molecule has 1 aliphatic carbocycles. The highest BCUT2D eigenvalue weighted by Crippen LogP contribution is 2.32. The summed E-state index contributed by atoms with van der Waals surface area (Å²) in [6.07, 6.45) is 5.27. The number of benzene rings is 2.